The van der Waals surface area contributed by atoms with Crippen LogP contribution in [-0.4, -0.2) is 5.88 Å². The average molecular weight is 171 g/mol. The summed E-state index contributed by atoms with van der Waals surface area (Å²) in [5, 5.41) is 0. The van der Waals surface area contributed by atoms with Crippen LogP contribution in [0.25, 0.3) is 0 Å². The van der Waals surface area contributed by atoms with E-state index in [9.17, 15) is 0 Å². The second-order valence-electron chi connectivity index (χ2n) is 1.58. The third-order valence-electron chi connectivity index (χ3n) is 0.782. The maximum atomic E-state index is 5.00. The van der Waals surface area contributed by atoms with Crippen molar-refractivity contribution in [2.24, 2.45) is 0 Å². The summed E-state index contributed by atoms with van der Waals surface area (Å²) in [4.78, 5) is 0. The first-order chi connectivity index (χ1) is 5.26. The highest BCUT2D eigenvalue weighted by Gasteiger charge is 1.73. The first-order valence-electron chi connectivity index (χ1n) is 3.40. The lowest BCUT2D eigenvalue weighted by Gasteiger charge is -1.83. The molecule has 0 aromatic carbocycles. The fourth-order valence-corrected chi connectivity index (χ4v) is 0.355. The number of rotatable bonds is 3. The van der Waals surface area contributed by atoms with Gasteiger partial charge in [0.2, 0.25) is 0 Å². The Morgan fingerprint density at radius 1 is 1.27 bits per heavy atom. The summed E-state index contributed by atoms with van der Waals surface area (Å²) in [7, 11) is 0. The number of halogens is 1. The highest BCUT2D eigenvalue weighted by Crippen LogP contribution is 1.94. The van der Waals surface area contributed by atoms with Crippen LogP contribution in [0.15, 0.2) is 49.6 Å². The minimum atomic E-state index is 0.722. The van der Waals surface area contributed by atoms with E-state index in [1.165, 1.54) is 0 Å². The molecule has 0 fully saturated rings. The van der Waals surface area contributed by atoms with Gasteiger partial charge in [0.15, 0.2) is 0 Å². The molecule has 62 valence electrons. The number of allylic oxidation sites excluding steroid dienone is 5. The van der Waals surface area contributed by atoms with Crippen LogP contribution in [-0.2, 0) is 0 Å². The summed E-state index contributed by atoms with van der Waals surface area (Å²) < 4.78 is 0. The molecular weight excluding hydrogens is 156 g/mol. The fraction of sp³-hybridized carbons (Fsp3) is 0.200. The van der Waals surface area contributed by atoms with Gasteiger partial charge in [0, 0.05) is 5.88 Å². The molecule has 0 aliphatic carbocycles. The predicted octanol–water partition coefficient (Wildman–Crippen LogP) is 3.72. The van der Waals surface area contributed by atoms with E-state index in [2.05, 4.69) is 19.7 Å². The zero-order valence-electron chi connectivity index (χ0n) is 7.02. The van der Waals surface area contributed by atoms with Gasteiger partial charge < -0.3 is 0 Å². The molecule has 0 heterocycles. The first-order valence-corrected chi connectivity index (χ1v) is 3.93. The molecule has 0 saturated heterocycles. The zero-order valence-corrected chi connectivity index (χ0v) is 7.77. The summed E-state index contributed by atoms with van der Waals surface area (Å²) in [5.41, 5.74) is 1.00. The Hall–Kier alpha value is -0.750. The second kappa shape index (κ2) is 12.0. The van der Waals surface area contributed by atoms with Crippen LogP contribution in [0.5, 0.6) is 0 Å². The topological polar surface area (TPSA) is 0 Å². The molecule has 0 aliphatic rings. The molecule has 0 bridgehead atoms. The van der Waals surface area contributed by atoms with Crippen molar-refractivity contribution >= 4 is 11.6 Å². The summed E-state index contributed by atoms with van der Waals surface area (Å²) in [6.45, 7) is 12.5. The van der Waals surface area contributed by atoms with Crippen LogP contribution in [0.2, 0.25) is 0 Å². The zero-order chi connectivity index (χ0) is 9.11. The van der Waals surface area contributed by atoms with Gasteiger partial charge in [-0.1, -0.05) is 51.0 Å². The van der Waals surface area contributed by atoms with Crippen LogP contribution >= 0.6 is 11.6 Å². The van der Waals surface area contributed by atoms with Gasteiger partial charge in [-0.15, -0.1) is 11.6 Å². The summed E-state index contributed by atoms with van der Waals surface area (Å²) in [6.07, 6.45) is 7.02. The van der Waals surface area contributed by atoms with E-state index in [0.29, 0.717) is 0 Å². The normalized spacial score (nSPS) is 6.73. The summed E-state index contributed by atoms with van der Waals surface area (Å²) in [5.74, 6) is 0.722. The molecule has 0 radical (unpaired) electrons. The third kappa shape index (κ3) is 12.4. The SMILES string of the molecule is C=CC=C(C=C)C=C.CCCl. The molecule has 0 aromatic heterocycles. The van der Waals surface area contributed by atoms with E-state index in [1.807, 2.05) is 13.0 Å². The lowest BCUT2D eigenvalue weighted by Crippen LogP contribution is -1.63. The smallest absolute Gasteiger partial charge is 0.0195 e. The molecule has 0 amide bonds. The van der Waals surface area contributed by atoms with Crippen molar-refractivity contribution in [2.75, 3.05) is 5.88 Å². The molecule has 0 saturated carbocycles. The molecule has 0 N–H and O–H groups in total. The quantitative estimate of drug-likeness (QED) is 0.448. The van der Waals surface area contributed by atoms with Crippen LogP contribution in [0.4, 0.5) is 0 Å². The van der Waals surface area contributed by atoms with E-state index >= 15 is 0 Å². The van der Waals surface area contributed by atoms with Crippen molar-refractivity contribution in [3.8, 4) is 0 Å². The van der Waals surface area contributed by atoms with Gasteiger partial charge >= 0.3 is 0 Å². The first kappa shape index (κ1) is 12.9. The van der Waals surface area contributed by atoms with Crippen LogP contribution < -0.4 is 0 Å². The molecule has 0 aliphatic heterocycles. The van der Waals surface area contributed by atoms with E-state index in [-0.39, 0.29) is 0 Å². The van der Waals surface area contributed by atoms with Crippen LogP contribution in [0.1, 0.15) is 6.92 Å². The number of hydrogen-bond donors (Lipinski definition) is 0. The van der Waals surface area contributed by atoms with E-state index in [4.69, 9.17) is 11.6 Å². The number of alkyl halides is 1. The van der Waals surface area contributed by atoms with Gasteiger partial charge in [0.1, 0.15) is 0 Å². The maximum Gasteiger partial charge on any atom is 0.0195 e. The Kier molecular flexibility index (Phi) is 14.0. The molecule has 0 aromatic rings. The second-order valence-corrected chi connectivity index (χ2v) is 2.11. The van der Waals surface area contributed by atoms with Crippen molar-refractivity contribution in [1.29, 1.82) is 0 Å². The van der Waals surface area contributed by atoms with Gasteiger partial charge in [-0.25, -0.2) is 0 Å². The highest BCUT2D eigenvalue weighted by molar-refractivity contribution is 6.17. The molecular formula is C10H15Cl. The van der Waals surface area contributed by atoms with Gasteiger partial charge in [0.05, 0.1) is 0 Å². The van der Waals surface area contributed by atoms with E-state index in [0.717, 1.165) is 11.5 Å². The Bertz CT molecular complexity index is 133. The third-order valence-corrected chi connectivity index (χ3v) is 0.782. The van der Waals surface area contributed by atoms with E-state index < -0.39 is 0 Å². The Balaban J connectivity index is 0. The van der Waals surface area contributed by atoms with Crippen molar-refractivity contribution in [1.82, 2.24) is 0 Å². The molecule has 0 unspecified atom stereocenters. The van der Waals surface area contributed by atoms with Crippen molar-refractivity contribution in [3.05, 3.63) is 49.6 Å². The van der Waals surface area contributed by atoms with Crippen LogP contribution in [0, 0.1) is 0 Å². The lowest BCUT2D eigenvalue weighted by molar-refractivity contribution is 1.51. The molecule has 0 rings (SSSR count). The van der Waals surface area contributed by atoms with Gasteiger partial charge in [-0.05, 0) is 5.57 Å². The monoisotopic (exact) mass is 170 g/mol. The highest BCUT2D eigenvalue weighted by atomic mass is 35.5. The Labute approximate surface area is 74.6 Å². The average Bonchev–Trinajstić information content (AvgIpc) is 2.02. The summed E-state index contributed by atoms with van der Waals surface area (Å²) in [6, 6.07) is 0. The molecule has 0 spiro atoms. The summed E-state index contributed by atoms with van der Waals surface area (Å²) >= 11 is 5.00. The van der Waals surface area contributed by atoms with E-state index in [1.54, 1.807) is 18.2 Å². The van der Waals surface area contributed by atoms with Crippen molar-refractivity contribution in [2.45, 2.75) is 6.92 Å². The van der Waals surface area contributed by atoms with Gasteiger partial charge in [0.25, 0.3) is 0 Å². The number of hydrogen-bond acceptors (Lipinski definition) is 0. The standard InChI is InChI=1S/C8H10.C2H5Cl/c1-4-7-8(5-2)6-3;1-2-3/h4-7H,1-3H2;2H2,1H3. The largest absolute Gasteiger partial charge is 0.127 e. The Morgan fingerprint density at radius 3 is 1.73 bits per heavy atom. The molecule has 11 heavy (non-hydrogen) atoms. The molecule has 1 heteroatoms. The van der Waals surface area contributed by atoms with Gasteiger partial charge in [-0.2, -0.15) is 0 Å². The fourth-order valence-electron chi connectivity index (χ4n) is 0.355. The molecule has 0 nitrogen and oxygen atoms in total. The van der Waals surface area contributed by atoms with Crippen molar-refractivity contribution < 1.29 is 0 Å². The maximum absolute atomic E-state index is 5.00. The minimum absolute atomic E-state index is 0.722. The molecule has 0 atom stereocenters. The van der Waals surface area contributed by atoms with Gasteiger partial charge in [-0.3, -0.25) is 0 Å². The Morgan fingerprint density at radius 2 is 1.64 bits per heavy atom. The lowest BCUT2D eigenvalue weighted by atomic mass is 10.2. The van der Waals surface area contributed by atoms with Crippen LogP contribution in [0.3, 0.4) is 0 Å². The minimum Gasteiger partial charge on any atom is -0.127 e. The van der Waals surface area contributed by atoms with Crippen molar-refractivity contribution in [3.63, 3.8) is 0 Å². The predicted molar refractivity (Wildman–Crippen MR) is 55.1 cm³/mol.